The van der Waals surface area contributed by atoms with Crippen LogP contribution in [-0.2, 0) is 11.2 Å². The highest BCUT2D eigenvalue weighted by Crippen LogP contribution is 2.28. The summed E-state index contributed by atoms with van der Waals surface area (Å²) in [5, 5.41) is 8.63. The summed E-state index contributed by atoms with van der Waals surface area (Å²) in [6.07, 6.45) is 7.04. The summed E-state index contributed by atoms with van der Waals surface area (Å²) in [5.41, 5.74) is 3.30. The zero-order valence-electron chi connectivity index (χ0n) is 14.9. The van der Waals surface area contributed by atoms with Gasteiger partial charge in [0, 0.05) is 44.0 Å². The molecule has 6 heteroatoms. The molecule has 6 nitrogen and oxygen atoms in total. The van der Waals surface area contributed by atoms with Crippen LogP contribution in [0.5, 0.6) is 0 Å². The molecule has 1 aliphatic heterocycles. The summed E-state index contributed by atoms with van der Waals surface area (Å²) in [6, 6.07) is 6.08. The molecule has 0 unspecified atom stereocenters. The first kappa shape index (κ1) is 17.6. The van der Waals surface area contributed by atoms with Gasteiger partial charge in [-0.3, -0.25) is 4.79 Å². The molecule has 0 saturated heterocycles. The van der Waals surface area contributed by atoms with Crippen molar-refractivity contribution in [1.29, 1.82) is 0 Å². The van der Waals surface area contributed by atoms with Crippen molar-refractivity contribution in [2.45, 2.75) is 51.0 Å². The predicted octanol–water partition coefficient (Wildman–Crippen LogP) is 2.64. The zero-order chi connectivity index (χ0) is 17.6. The van der Waals surface area contributed by atoms with E-state index in [-0.39, 0.29) is 11.9 Å². The Morgan fingerprint density at radius 3 is 2.80 bits per heavy atom. The number of nitrogens with one attached hydrogen (secondary N) is 3. The zero-order valence-corrected chi connectivity index (χ0v) is 14.9. The average Bonchev–Trinajstić information content (AvgIpc) is 3.08. The van der Waals surface area contributed by atoms with Gasteiger partial charge in [-0.15, -0.1) is 0 Å². The lowest BCUT2D eigenvalue weighted by Crippen LogP contribution is -2.36. The fourth-order valence-corrected chi connectivity index (χ4v) is 3.70. The van der Waals surface area contributed by atoms with E-state index in [9.17, 15) is 9.59 Å². The number of fused-ring (bicyclic) bond motifs is 1. The fraction of sp³-hybridized carbons (Fsp3) is 0.579. The number of hydrogen-bond acceptors (Lipinski definition) is 3. The maximum atomic E-state index is 12.0. The second-order valence-electron chi connectivity index (χ2n) is 7.05. The summed E-state index contributed by atoms with van der Waals surface area (Å²) in [5.74, 6) is 0.0176. The van der Waals surface area contributed by atoms with Crippen LogP contribution >= 0.6 is 0 Å². The maximum absolute atomic E-state index is 12.0. The number of carbonyl (C=O) groups excluding carboxylic acids is 2. The van der Waals surface area contributed by atoms with Crippen LogP contribution in [0.3, 0.4) is 0 Å². The van der Waals surface area contributed by atoms with Gasteiger partial charge in [-0.05, 0) is 49.4 Å². The average molecular weight is 344 g/mol. The number of carbonyl (C=O) groups is 2. The van der Waals surface area contributed by atoms with Crippen LogP contribution in [0.1, 0.15) is 44.1 Å². The monoisotopic (exact) mass is 344 g/mol. The Bertz CT molecular complexity index is 626. The first-order valence-electron chi connectivity index (χ1n) is 9.30. The van der Waals surface area contributed by atoms with Gasteiger partial charge in [-0.2, -0.15) is 0 Å². The highest BCUT2D eigenvalue weighted by molar-refractivity contribution is 5.90. The number of amides is 3. The molecule has 3 rings (SSSR count). The number of anilines is 2. The largest absolute Gasteiger partial charge is 0.374 e. The lowest BCUT2D eigenvalue weighted by molar-refractivity contribution is -0.121. The van der Waals surface area contributed by atoms with Gasteiger partial charge in [0.2, 0.25) is 5.91 Å². The molecule has 1 aromatic carbocycles. The van der Waals surface area contributed by atoms with E-state index in [1.54, 1.807) is 0 Å². The molecule has 3 amide bonds. The summed E-state index contributed by atoms with van der Waals surface area (Å²) in [6.45, 7) is 1.42. The number of hydrogen-bond donors (Lipinski definition) is 3. The van der Waals surface area contributed by atoms with Crippen LogP contribution in [0.15, 0.2) is 18.2 Å². The number of rotatable bonds is 5. The Morgan fingerprint density at radius 1 is 1.20 bits per heavy atom. The third kappa shape index (κ3) is 4.87. The van der Waals surface area contributed by atoms with E-state index < -0.39 is 0 Å². The topological polar surface area (TPSA) is 73.5 Å². The van der Waals surface area contributed by atoms with E-state index in [1.807, 2.05) is 12.1 Å². The minimum absolute atomic E-state index is 0.0176. The molecule has 2 aliphatic rings. The molecular weight excluding hydrogens is 316 g/mol. The minimum atomic E-state index is -0.266. The van der Waals surface area contributed by atoms with Gasteiger partial charge < -0.3 is 20.9 Å². The van der Waals surface area contributed by atoms with E-state index in [2.05, 4.69) is 34.0 Å². The van der Waals surface area contributed by atoms with Crippen LogP contribution in [0.2, 0.25) is 0 Å². The second kappa shape index (κ2) is 8.23. The van der Waals surface area contributed by atoms with Crippen LogP contribution in [0.4, 0.5) is 16.2 Å². The molecule has 1 aromatic rings. The molecule has 1 fully saturated rings. The molecule has 0 radical (unpaired) electrons. The van der Waals surface area contributed by atoms with Crippen LogP contribution in [0, 0.1) is 0 Å². The van der Waals surface area contributed by atoms with E-state index >= 15 is 0 Å². The highest BCUT2D eigenvalue weighted by atomic mass is 16.2. The smallest absolute Gasteiger partial charge is 0.319 e. The fourth-order valence-electron chi connectivity index (χ4n) is 3.70. The van der Waals surface area contributed by atoms with Gasteiger partial charge in [0.25, 0.3) is 0 Å². The van der Waals surface area contributed by atoms with Crippen molar-refractivity contribution in [2.75, 3.05) is 30.4 Å². The molecular formula is C19H28N4O2. The molecule has 0 aromatic heterocycles. The Hall–Kier alpha value is -2.24. The van der Waals surface area contributed by atoms with E-state index in [0.29, 0.717) is 19.0 Å². The van der Waals surface area contributed by atoms with E-state index in [4.69, 9.17) is 0 Å². The molecule has 0 atom stereocenters. The Morgan fingerprint density at radius 2 is 2.00 bits per heavy atom. The van der Waals surface area contributed by atoms with Crippen LogP contribution < -0.4 is 20.9 Å². The van der Waals surface area contributed by atoms with E-state index in [0.717, 1.165) is 37.9 Å². The Labute approximate surface area is 149 Å². The summed E-state index contributed by atoms with van der Waals surface area (Å²) < 4.78 is 0. The van der Waals surface area contributed by atoms with E-state index in [1.165, 1.54) is 24.1 Å². The number of urea groups is 1. The quantitative estimate of drug-likeness (QED) is 0.769. The van der Waals surface area contributed by atoms with Gasteiger partial charge in [0.1, 0.15) is 0 Å². The third-order valence-electron chi connectivity index (χ3n) is 5.05. The highest BCUT2D eigenvalue weighted by Gasteiger charge is 2.17. The Kier molecular flexibility index (Phi) is 5.79. The molecule has 25 heavy (non-hydrogen) atoms. The minimum Gasteiger partial charge on any atom is -0.374 e. The molecule has 0 spiro atoms. The molecule has 3 N–H and O–H groups in total. The molecule has 136 valence electrons. The first-order valence-corrected chi connectivity index (χ1v) is 9.30. The lowest BCUT2D eigenvalue weighted by Gasteiger charge is -2.27. The predicted molar refractivity (Wildman–Crippen MR) is 100 cm³/mol. The molecule has 1 heterocycles. The van der Waals surface area contributed by atoms with Gasteiger partial charge >= 0.3 is 6.03 Å². The number of aryl methyl sites for hydroxylation is 1. The standard InChI is InChI=1S/C19H28N4O2/c1-23-12-4-5-14-13-16(8-9-17(14)23)22-19(25)20-11-10-18(24)21-15-6-2-3-7-15/h8-9,13,15H,2-7,10-12H2,1H3,(H,21,24)(H2,20,22,25). The molecule has 1 saturated carbocycles. The molecule has 0 bridgehead atoms. The van der Waals surface area contributed by atoms with Crippen LogP contribution in [0.25, 0.3) is 0 Å². The van der Waals surface area contributed by atoms with Gasteiger partial charge in [-0.25, -0.2) is 4.79 Å². The lowest BCUT2D eigenvalue weighted by atomic mass is 10.0. The van der Waals surface area contributed by atoms with Crippen molar-refractivity contribution in [3.05, 3.63) is 23.8 Å². The maximum Gasteiger partial charge on any atom is 0.319 e. The summed E-state index contributed by atoms with van der Waals surface area (Å²) in [7, 11) is 2.09. The normalized spacial score (nSPS) is 17.1. The third-order valence-corrected chi connectivity index (χ3v) is 5.05. The van der Waals surface area contributed by atoms with Crippen LogP contribution in [-0.4, -0.2) is 38.1 Å². The van der Waals surface area contributed by atoms with Crippen molar-refractivity contribution >= 4 is 23.3 Å². The van der Waals surface area contributed by atoms with Crippen molar-refractivity contribution in [1.82, 2.24) is 10.6 Å². The van der Waals surface area contributed by atoms with Gasteiger partial charge in [0.05, 0.1) is 0 Å². The van der Waals surface area contributed by atoms with Crippen molar-refractivity contribution in [3.63, 3.8) is 0 Å². The van der Waals surface area contributed by atoms with Crippen molar-refractivity contribution in [3.8, 4) is 0 Å². The van der Waals surface area contributed by atoms with Crippen molar-refractivity contribution < 1.29 is 9.59 Å². The number of nitrogens with zero attached hydrogens (tertiary/aromatic N) is 1. The summed E-state index contributed by atoms with van der Waals surface area (Å²) >= 11 is 0. The summed E-state index contributed by atoms with van der Waals surface area (Å²) in [4.78, 5) is 26.1. The molecule has 1 aliphatic carbocycles. The first-order chi connectivity index (χ1) is 12.1. The number of benzene rings is 1. The second-order valence-corrected chi connectivity index (χ2v) is 7.05. The van der Waals surface area contributed by atoms with Gasteiger partial charge in [-0.1, -0.05) is 12.8 Å². The Balaban J connectivity index is 1.41. The SMILES string of the molecule is CN1CCCc2cc(NC(=O)NCCC(=O)NC3CCCC3)ccc21. The van der Waals surface area contributed by atoms with Gasteiger partial charge in [0.15, 0.2) is 0 Å². The van der Waals surface area contributed by atoms with Crippen molar-refractivity contribution in [2.24, 2.45) is 0 Å².